The van der Waals surface area contributed by atoms with Gasteiger partial charge in [-0.15, -0.1) is 0 Å². The summed E-state index contributed by atoms with van der Waals surface area (Å²) in [4.78, 5) is 29.7. The van der Waals surface area contributed by atoms with Crippen molar-refractivity contribution >= 4 is 44.0 Å². The van der Waals surface area contributed by atoms with E-state index in [2.05, 4.69) is 10.3 Å². The number of aromatic nitrogens is 2. The second-order valence-electron chi connectivity index (χ2n) is 7.55. The molecule has 6 rings (SSSR count). The Morgan fingerprint density at radius 1 is 1.07 bits per heavy atom. The van der Waals surface area contributed by atoms with E-state index >= 15 is 0 Å². The summed E-state index contributed by atoms with van der Waals surface area (Å²) < 4.78 is 7.44. The SMILES string of the molecule is O=C(COc1ccc2c(c1)c1ccnc3c4ccccc4c(=O)n2c13)NC1CC1. The average molecular weight is 383 g/mol. The van der Waals surface area contributed by atoms with E-state index in [1.54, 1.807) is 16.7 Å². The summed E-state index contributed by atoms with van der Waals surface area (Å²) in [5.41, 5.74) is 2.37. The second-order valence-corrected chi connectivity index (χ2v) is 7.55. The predicted octanol–water partition coefficient (Wildman–Crippen LogP) is 3.25. The van der Waals surface area contributed by atoms with Gasteiger partial charge < -0.3 is 10.1 Å². The molecule has 1 amide bonds. The van der Waals surface area contributed by atoms with Crippen LogP contribution in [0.5, 0.6) is 5.75 Å². The lowest BCUT2D eigenvalue weighted by Gasteiger charge is -2.07. The molecule has 0 saturated heterocycles. The Hall–Kier alpha value is -3.67. The number of amides is 1. The number of hydrogen-bond donors (Lipinski definition) is 1. The molecule has 5 aromatic rings. The van der Waals surface area contributed by atoms with Crippen molar-refractivity contribution in [3.05, 3.63) is 65.1 Å². The van der Waals surface area contributed by atoms with Crippen molar-refractivity contribution < 1.29 is 9.53 Å². The summed E-state index contributed by atoms with van der Waals surface area (Å²) in [5.74, 6) is 0.495. The first kappa shape index (κ1) is 16.3. The minimum atomic E-state index is -0.106. The number of hydrogen-bond acceptors (Lipinski definition) is 4. The van der Waals surface area contributed by atoms with Crippen LogP contribution in [-0.4, -0.2) is 27.9 Å². The van der Waals surface area contributed by atoms with E-state index in [-0.39, 0.29) is 18.1 Å². The number of pyridine rings is 2. The number of ether oxygens (including phenoxy) is 1. The quantitative estimate of drug-likeness (QED) is 0.484. The molecule has 29 heavy (non-hydrogen) atoms. The highest BCUT2D eigenvalue weighted by atomic mass is 16.5. The van der Waals surface area contributed by atoms with Gasteiger partial charge in [0, 0.05) is 33.8 Å². The average Bonchev–Trinajstić information content (AvgIpc) is 3.50. The highest BCUT2D eigenvalue weighted by Gasteiger charge is 2.23. The van der Waals surface area contributed by atoms with Gasteiger partial charge in [-0.3, -0.25) is 19.0 Å². The third-order valence-corrected chi connectivity index (χ3v) is 5.58. The highest BCUT2D eigenvalue weighted by Crippen LogP contribution is 2.34. The van der Waals surface area contributed by atoms with Crippen LogP contribution >= 0.6 is 0 Å². The molecular formula is C23H17N3O3. The van der Waals surface area contributed by atoms with Crippen molar-refractivity contribution in [3.8, 4) is 5.75 Å². The molecule has 1 aliphatic rings. The van der Waals surface area contributed by atoms with Crippen LogP contribution in [0.3, 0.4) is 0 Å². The fourth-order valence-electron chi connectivity index (χ4n) is 4.08. The summed E-state index contributed by atoms with van der Waals surface area (Å²) in [5, 5.41) is 6.27. The van der Waals surface area contributed by atoms with E-state index in [9.17, 15) is 9.59 Å². The third-order valence-electron chi connectivity index (χ3n) is 5.58. The van der Waals surface area contributed by atoms with E-state index in [0.717, 1.165) is 45.6 Å². The molecule has 3 aromatic heterocycles. The molecule has 6 heteroatoms. The van der Waals surface area contributed by atoms with Crippen LogP contribution in [0.15, 0.2) is 59.5 Å². The largest absolute Gasteiger partial charge is 0.484 e. The molecule has 0 radical (unpaired) electrons. The standard InChI is InChI=1S/C23H17N3O3/c27-20(25-13-5-6-13)12-29-14-7-8-19-18(11-14)16-9-10-24-21-15-3-1-2-4-17(15)23(28)26(19)22(16)21/h1-4,7-11,13H,5-6,12H2,(H,25,27). The van der Waals surface area contributed by atoms with Crippen molar-refractivity contribution in [2.75, 3.05) is 6.61 Å². The van der Waals surface area contributed by atoms with Gasteiger partial charge in [0.2, 0.25) is 0 Å². The Kier molecular flexibility index (Phi) is 3.32. The van der Waals surface area contributed by atoms with Crippen LogP contribution in [0.2, 0.25) is 0 Å². The second kappa shape index (κ2) is 5.91. The van der Waals surface area contributed by atoms with Gasteiger partial charge in [-0.05, 0) is 43.2 Å². The molecule has 3 heterocycles. The molecule has 0 aliphatic heterocycles. The van der Waals surface area contributed by atoms with Gasteiger partial charge in [-0.1, -0.05) is 18.2 Å². The van der Waals surface area contributed by atoms with E-state index in [4.69, 9.17) is 4.74 Å². The van der Waals surface area contributed by atoms with Crippen molar-refractivity contribution in [2.24, 2.45) is 0 Å². The number of nitrogens with one attached hydrogen (secondary N) is 1. The van der Waals surface area contributed by atoms with Gasteiger partial charge in [0.25, 0.3) is 11.5 Å². The van der Waals surface area contributed by atoms with Crippen molar-refractivity contribution in [1.82, 2.24) is 14.7 Å². The van der Waals surface area contributed by atoms with Crippen LogP contribution in [0.1, 0.15) is 12.8 Å². The first-order valence-electron chi connectivity index (χ1n) is 9.70. The maximum atomic E-state index is 13.2. The van der Waals surface area contributed by atoms with Gasteiger partial charge in [0.05, 0.1) is 16.6 Å². The zero-order valence-corrected chi connectivity index (χ0v) is 15.5. The van der Waals surface area contributed by atoms with Crippen molar-refractivity contribution in [1.29, 1.82) is 0 Å². The van der Waals surface area contributed by atoms with Crippen LogP contribution in [0, 0.1) is 0 Å². The van der Waals surface area contributed by atoms with E-state index in [1.165, 1.54) is 0 Å². The van der Waals surface area contributed by atoms with E-state index < -0.39 is 0 Å². The molecule has 6 nitrogen and oxygen atoms in total. The summed E-state index contributed by atoms with van der Waals surface area (Å²) in [7, 11) is 0. The van der Waals surface area contributed by atoms with Gasteiger partial charge in [-0.25, -0.2) is 0 Å². The van der Waals surface area contributed by atoms with Crippen LogP contribution in [-0.2, 0) is 4.79 Å². The maximum absolute atomic E-state index is 13.2. The first-order chi connectivity index (χ1) is 14.2. The van der Waals surface area contributed by atoms with E-state index in [1.807, 2.05) is 42.5 Å². The molecular weight excluding hydrogens is 366 g/mol. The molecule has 1 N–H and O–H groups in total. The van der Waals surface area contributed by atoms with Crippen LogP contribution in [0.4, 0.5) is 0 Å². The number of carbonyl (C=O) groups is 1. The fraction of sp³-hybridized carbons (Fsp3) is 0.174. The number of benzene rings is 2. The molecule has 1 fully saturated rings. The Morgan fingerprint density at radius 2 is 1.90 bits per heavy atom. The Morgan fingerprint density at radius 3 is 2.72 bits per heavy atom. The summed E-state index contributed by atoms with van der Waals surface area (Å²) in [6.07, 6.45) is 3.86. The molecule has 0 spiro atoms. The highest BCUT2D eigenvalue weighted by molar-refractivity contribution is 6.18. The molecule has 0 atom stereocenters. The lowest BCUT2D eigenvalue weighted by molar-refractivity contribution is -0.123. The minimum Gasteiger partial charge on any atom is -0.484 e. The van der Waals surface area contributed by atoms with Crippen LogP contribution < -0.4 is 15.6 Å². The monoisotopic (exact) mass is 383 g/mol. The van der Waals surface area contributed by atoms with Gasteiger partial charge >= 0.3 is 0 Å². The number of carbonyl (C=O) groups excluding carboxylic acids is 1. The minimum absolute atomic E-state index is 0.0160. The smallest absolute Gasteiger partial charge is 0.263 e. The molecule has 0 bridgehead atoms. The predicted molar refractivity (Wildman–Crippen MR) is 112 cm³/mol. The van der Waals surface area contributed by atoms with Crippen molar-refractivity contribution in [2.45, 2.75) is 18.9 Å². The number of nitrogens with zero attached hydrogens (tertiary/aromatic N) is 2. The number of rotatable bonds is 4. The van der Waals surface area contributed by atoms with Gasteiger partial charge in [0.15, 0.2) is 6.61 Å². The molecule has 0 unspecified atom stereocenters. The Balaban J connectivity index is 1.54. The Bertz CT molecular complexity index is 1480. The fourth-order valence-corrected chi connectivity index (χ4v) is 4.08. The third kappa shape index (κ3) is 2.45. The zero-order valence-electron chi connectivity index (χ0n) is 15.5. The molecule has 2 aromatic carbocycles. The normalized spacial score (nSPS) is 14.2. The summed E-state index contributed by atoms with van der Waals surface area (Å²) in [6.45, 7) is -0.0160. The van der Waals surface area contributed by atoms with E-state index in [0.29, 0.717) is 17.2 Å². The van der Waals surface area contributed by atoms with Gasteiger partial charge in [0.1, 0.15) is 5.75 Å². The Labute approximate surface area is 165 Å². The maximum Gasteiger partial charge on any atom is 0.263 e. The lowest BCUT2D eigenvalue weighted by atomic mass is 10.1. The molecule has 1 saturated carbocycles. The lowest BCUT2D eigenvalue weighted by Crippen LogP contribution is -2.30. The van der Waals surface area contributed by atoms with Crippen molar-refractivity contribution in [3.63, 3.8) is 0 Å². The number of fused-ring (bicyclic) bond motifs is 5. The summed E-state index contributed by atoms with van der Waals surface area (Å²) >= 11 is 0. The molecule has 1 aliphatic carbocycles. The van der Waals surface area contributed by atoms with Gasteiger partial charge in [-0.2, -0.15) is 0 Å². The summed E-state index contributed by atoms with van der Waals surface area (Å²) in [6, 6.07) is 15.4. The zero-order chi connectivity index (χ0) is 19.5. The van der Waals surface area contributed by atoms with Crippen LogP contribution in [0.25, 0.3) is 38.1 Å². The topological polar surface area (TPSA) is 72.7 Å². The molecule has 142 valence electrons. The first-order valence-corrected chi connectivity index (χ1v) is 9.70.